The third kappa shape index (κ3) is 6.37. The number of oxime groups is 1. The number of thiazole rings is 1. The van der Waals surface area contributed by atoms with Crippen LogP contribution in [0, 0.1) is 0 Å². The van der Waals surface area contributed by atoms with Gasteiger partial charge in [0.1, 0.15) is 24.7 Å². The summed E-state index contributed by atoms with van der Waals surface area (Å²) in [7, 11) is -4.20. The van der Waals surface area contributed by atoms with Crippen LogP contribution in [0.3, 0.4) is 0 Å². The molecule has 0 aromatic carbocycles. The molecule has 1 saturated heterocycles. The fourth-order valence-electron chi connectivity index (χ4n) is 2.41. The number of aromatic nitrogens is 1. The maximum atomic E-state index is 12.6. The minimum atomic E-state index is -5.32. The van der Waals surface area contributed by atoms with Crippen molar-refractivity contribution in [3.8, 4) is 0 Å². The number of alkyl halides is 1. The van der Waals surface area contributed by atoms with Crippen LogP contribution in [-0.2, 0) is 39.1 Å². The summed E-state index contributed by atoms with van der Waals surface area (Å²) in [5.41, 5.74) is -0.522. The van der Waals surface area contributed by atoms with Crippen LogP contribution in [0.2, 0.25) is 0 Å². The van der Waals surface area contributed by atoms with Gasteiger partial charge in [0.05, 0.1) is 6.61 Å². The average molecular weight is 520 g/mol. The number of esters is 1. The van der Waals surface area contributed by atoms with Crippen molar-refractivity contribution in [2.24, 2.45) is 5.16 Å². The van der Waals surface area contributed by atoms with Crippen molar-refractivity contribution in [3.63, 3.8) is 0 Å². The molecule has 1 aliphatic rings. The van der Waals surface area contributed by atoms with Gasteiger partial charge in [-0.15, -0.1) is 22.9 Å². The molecule has 1 aromatic rings. The molecule has 1 aromatic heterocycles. The first-order chi connectivity index (χ1) is 14.5. The molecule has 0 spiro atoms. The van der Waals surface area contributed by atoms with Gasteiger partial charge >= 0.3 is 35.5 Å². The zero-order chi connectivity index (χ0) is 23.3. The maximum absolute atomic E-state index is 12.6. The van der Waals surface area contributed by atoms with Crippen molar-refractivity contribution in [2.75, 3.05) is 24.9 Å². The number of hydrogen-bond acceptors (Lipinski definition) is 12. The zero-order valence-electron chi connectivity index (χ0n) is 16.9. The summed E-state index contributed by atoms with van der Waals surface area (Å²) < 4.78 is 38.3. The van der Waals surface area contributed by atoms with Crippen molar-refractivity contribution in [1.29, 1.82) is 0 Å². The first-order valence-electron chi connectivity index (χ1n) is 8.24. The van der Waals surface area contributed by atoms with E-state index in [0.717, 1.165) is 18.4 Å². The monoisotopic (exact) mass is 519 g/mol. The Hall–Kier alpha value is -1.82. The molecule has 3 amide bonds. The molecular formula is C14H15ClN5NaO9S2. The summed E-state index contributed by atoms with van der Waals surface area (Å²) in [6.07, 6.45) is 0. The van der Waals surface area contributed by atoms with Crippen LogP contribution in [0.15, 0.2) is 10.5 Å². The second-order valence-corrected chi connectivity index (χ2v) is 7.96. The van der Waals surface area contributed by atoms with E-state index in [1.165, 1.54) is 12.3 Å². The van der Waals surface area contributed by atoms with Crippen LogP contribution in [-0.4, -0.2) is 83.3 Å². The molecule has 0 bridgehead atoms. The van der Waals surface area contributed by atoms with Crippen LogP contribution in [0.25, 0.3) is 0 Å². The Kier molecular flexibility index (Phi) is 10.5. The molecule has 0 aliphatic carbocycles. The third-order valence-corrected chi connectivity index (χ3v) is 5.51. The second-order valence-electron chi connectivity index (χ2n) is 5.58. The Morgan fingerprint density at radius 3 is 2.59 bits per heavy atom. The van der Waals surface area contributed by atoms with Gasteiger partial charge in [0.2, 0.25) is 5.91 Å². The van der Waals surface area contributed by atoms with Crippen molar-refractivity contribution < 1.29 is 71.3 Å². The number of anilines is 1. The zero-order valence-corrected chi connectivity index (χ0v) is 21.2. The number of amides is 3. The van der Waals surface area contributed by atoms with Gasteiger partial charge in [-0.25, -0.2) is 22.5 Å². The largest absolute Gasteiger partial charge is 1.00 e. The molecule has 2 unspecified atom stereocenters. The van der Waals surface area contributed by atoms with E-state index in [4.69, 9.17) is 11.6 Å². The Morgan fingerprint density at radius 1 is 1.41 bits per heavy atom. The number of nitrogens with zero attached hydrogens (tertiary/aromatic N) is 3. The van der Waals surface area contributed by atoms with E-state index in [0.29, 0.717) is 0 Å². The molecule has 2 atom stereocenters. The Balaban J connectivity index is 0.00000512. The minimum absolute atomic E-state index is 0. The predicted octanol–water partition coefficient (Wildman–Crippen LogP) is -4.61. The molecule has 170 valence electrons. The predicted molar refractivity (Wildman–Crippen MR) is 104 cm³/mol. The van der Waals surface area contributed by atoms with Gasteiger partial charge in [-0.3, -0.25) is 14.4 Å². The van der Waals surface area contributed by atoms with Crippen LogP contribution in [0.4, 0.5) is 5.13 Å². The topological polar surface area (TPSA) is 196 Å². The molecule has 0 radical (unpaired) electrons. The number of nitrogens with one attached hydrogen (secondary N) is 2. The summed E-state index contributed by atoms with van der Waals surface area (Å²) in [6, 6.07) is -3.58. The quantitative estimate of drug-likeness (QED) is 0.0609. The second kappa shape index (κ2) is 11.9. The molecule has 2 rings (SSSR count). The SMILES string of the molecule is CCOC(=O)C1C(NC(=O)C(=NOC)c2csc(NC(=O)CCl)n2)C(=O)N1S(=O)(=O)[O-].[Na+]. The van der Waals surface area contributed by atoms with E-state index < -0.39 is 51.8 Å². The Bertz CT molecular complexity index is 1030. The summed E-state index contributed by atoms with van der Waals surface area (Å²) >= 11 is 6.32. The van der Waals surface area contributed by atoms with Gasteiger partial charge in [-0.1, -0.05) is 5.16 Å². The average Bonchev–Trinajstić information content (AvgIpc) is 3.14. The van der Waals surface area contributed by atoms with Crippen molar-refractivity contribution in [2.45, 2.75) is 19.0 Å². The van der Waals surface area contributed by atoms with E-state index in [1.54, 1.807) is 0 Å². The fourth-order valence-corrected chi connectivity index (χ4v) is 4.01. The summed E-state index contributed by atoms with van der Waals surface area (Å²) in [5.74, 6) is -4.47. The molecule has 18 heteroatoms. The molecule has 2 N–H and O–H groups in total. The van der Waals surface area contributed by atoms with Crippen LogP contribution in [0.1, 0.15) is 12.6 Å². The Labute approximate surface area is 212 Å². The van der Waals surface area contributed by atoms with Gasteiger partial charge < -0.3 is 24.8 Å². The summed E-state index contributed by atoms with van der Waals surface area (Å²) in [6.45, 7) is 1.26. The molecule has 0 saturated carbocycles. The van der Waals surface area contributed by atoms with E-state index in [1.807, 2.05) is 0 Å². The van der Waals surface area contributed by atoms with Gasteiger partial charge in [0, 0.05) is 5.38 Å². The number of carbonyl (C=O) groups excluding carboxylic acids is 4. The van der Waals surface area contributed by atoms with E-state index in [9.17, 15) is 32.1 Å². The van der Waals surface area contributed by atoms with Gasteiger partial charge in [-0.2, -0.15) is 0 Å². The van der Waals surface area contributed by atoms with Crippen LogP contribution < -0.4 is 40.2 Å². The number of carbonyl (C=O) groups is 4. The van der Waals surface area contributed by atoms with E-state index in [2.05, 4.69) is 30.3 Å². The van der Waals surface area contributed by atoms with Gasteiger partial charge in [-0.05, 0) is 6.92 Å². The van der Waals surface area contributed by atoms with E-state index >= 15 is 0 Å². The number of β-lactam (4-membered cyclic amide) rings is 1. The number of rotatable bonds is 9. The fraction of sp³-hybridized carbons (Fsp3) is 0.429. The Morgan fingerprint density at radius 2 is 2.06 bits per heavy atom. The molecule has 32 heavy (non-hydrogen) atoms. The summed E-state index contributed by atoms with van der Waals surface area (Å²) in [4.78, 5) is 56.7. The van der Waals surface area contributed by atoms with Crippen molar-refractivity contribution in [3.05, 3.63) is 11.1 Å². The molecule has 1 fully saturated rings. The third-order valence-electron chi connectivity index (χ3n) is 3.62. The molecule has 2 heterocycles. The first-order valence-corrected chi connectivity index (χ1v) is 11.0. The van der Waals surface area contributed by atoms with Crippen LogP contribution in [0.5, 0.6) is 0 Å². The molecule has 14 nitrogen and oxygen atoms in total. The van der Waals surface area contributed by atoms with E-state index in [-0.39, 0.29) is 57.2 Å². The number of ether oxygens (including phenoxy) is 1. The smallest absolute Gasteiger partial charge is 0.731 e. The molecule has 1 aliphatic heterocycles. The maximum Gasteiger partial charge on any atom is 1.00 e. The van der Waals surface area contributed by atoms with Crippen molar-refractivity contribution in [1.82, 2.24) is 14.6 Å². The normalized spacial score (nSPS) is 18.2. The van der Waals surface area contributed by atoms with Gasteiger partial charge in [0.15, 0.2) is 27.2 Å². The summed E-state index contributed by atoms with van der Waals surface area (Å²) in [5, 5.41) is 9.40. The molecular weight excluding hydrogens is 505 g/mol. The number of halogens is 1. The van der Waals surface area contributed by atoms with Crippen LogP contribution >= 0.6 is 22.9 Å². The number of hydrogen-bond donors (Lipinski definition) is 2. The van der Waals surface area contributed by atoms with Crippen molar-refractivity contribution >= 4 is 67.8 Å². The standard InChI is InChI=1S/C14H16ClN5O9S2.Na/c1-3-29-13(24)10-9(12(23)20(10)31(25,26)27)18-11(22)8(19-28-2)6-5-30-14(16-6)17-7(21)4-15;/h5,9-10H,3-4H2,1-2H3,(H,18,22)(H,16,17,21)(H,25,26,27);/q;+1/p-1. The first kappa shape index (κ1) is 28.2. The minimum Gasteiger partial charge on any atom is -0.731 e. The van der Waals surface area contributed by atoms with Gasteiger partial charge in [0.25, 0.3) is 11.8 Å².